The standard InChI is InChI=1S/C51H51FO5/c1-2-41-30-46(52)45(29-44(41)28-40-23-24-42-25-26-43(42)27-40)48-50(55-33-38-19-11-5-12-20-38)51(56-34-39-21-13-6-14-22-39)49(54-32-37-17-9-4-10-18-37)47(57-48)35-53-31-36-15-7-3-8-16-36/h3-24,27,29-30,47-51H,2,25-26,28,31-35H2,1H3/t47-,48+,49-,50+,51+/m1/s1. The van der Waals surface area contributed by atoms with E-state index in [1.165, 1.54) is 16.7 Å². The lowest BCUT2D eigenvalue weighted by molar-refractivity contribution is -0.275. The summed E-state index contributed by atoms with van der Waals surface area (Å²) in [6.07, 6.45) is 0.244. The van der Waals surface area contributed by atoms with Crippen LogP contribution >= 0.6 is 0 Å². The van der Waals surface area contributed by atoms with E-state index in [2.05, 4.69) is 25.1 Å². The highest BCUT2D eigenvalue weighted by Gasteiger charge is 2.49. The Morgan fingerprint density at radius 2 is 1.05 bits per heavy atom. The molecule has 8 rings (SSSR count). The van der Waals surface area contributed by atoms with Gasteiger partial charge in [0.2, 0.25) is 0 Å². The molecule has 6 aromatic carbocycles. The Hall–Kier alpha value is -4.95. The van der Waals surface area contributed by atoms with Crippen molar-refractivity contribution in [1.29, 1.82) is 0 Å². The van der Waals surface area contributed by atoms with E-state index >= 15 is 4.39 Å². The zero-order chi connectivity index (χ0) is 38.8. The first kappa shape index (κ1) is 38.9. The zero-order valence-electron chi connectivity index (χ0n) is 32.6. The number of fused-ring (bicyclic) bond motifs is 1. The van der Waals surface area contributed by atoms with E-state index in [0.29, 0.717) is 38.2 Å². The highest BCUT2D eigenvalue weighted by atomic mass is 19.1. The molecule has 2 aliphatic rings. The molecule has 1 fully saturated rings. The minimum Gasteiger partial charge on any atom is -0.374 e. The largest absolute Gasteiger partial charge is 0.374 e. The van der Waals surface area contributed by atoms with Gasteiger partial charge in [-0.05, 0) is 87.9 Å². The van der Waals surface area contributed by atoms with Crippen LogP contribution in [0.1, 0.15) is 68.7 Å². The predicted octanol–water partition coefficient (Wildman–Crippen LogP) is 10.5. The van der Waals surface area contributed by atoms with Crippen LogP contribution in [0.4, 0.5) is 4.39 Å². The van der Waals surface area contributed by atoms with Crippen LogP contribution in [0.25, 0.3) is 0 Å². The quantitative estimate of drug-likeness (QED) is 0.0926. The van der Waals surface area contributed by atoms with Crippen LogP contribution in [-0.4, -0.2) is 31.0 Å². The summed E-state index contributed by atoms with van der Waals surface area (Å²) in [4.78, 5) is 0. The molecule has 0 saturated carbocycles. The van der Waals surface area contributed by atoms with Crippen LogP contribution in [0.15, 0.2) is 152 Å². The Labute approximate surface area is 336 Å². The minimum atomic E-state index is -0.821. The van der Waals surface area contributed by atoms with Crippen molar-refractivity contribution in [3.8, 4) is 0 Å². The first-order valence-corrected chi connectivity index (χ1v) is 20.3. The van der Waals surface area contributed by atoms with Crippen molar-refractivity contribution in [2.75, 3.05) is 6.61 Å². The molecule has 292 valence electrons. The van der Waals surface area contributed by atoms with Crippen LogP contribution in [0.3, 0.4) is 0 Å². The SMILES string of the molecule is CCc1cc(F)c([C@@H]2O[C@H](COCc3ccccc3)[C@@H](OCc3ccccc3)[C@H](OCc3ccccc3)[C@H]2OCc2ccccc2)cc1Cc1ccc2c(c1)CC2. The van der Waals surface area contributed by atoms with E-state index in [1.54, 1.807) is 6.07 Å². The molecule has 0 amide bonds. The summed E-state index contributed by atoms with van der Waals surface area (Å²) in [7, 11) is 0. The van der Waals surface area contributed by atoms with Crippen LogP contribution in [-0.2, 0) is 75.8 Å². The van der Waals surface area contributed by atoms with Gasteiger partial charge < -0.3 is 23.7 Å². The average molecular weight is 763 g/mol. The molecule has 1 heterocycles. The van der Waals surface area contributed by atoms with Gasteiger partial charge in [0.1, 0.15) is 36.3 Å². The van der Waals surface area contributed by atoms with Crippen molar-refractivity contribution in [3.63, 3.8) is 0 Å². The maximum atomic E-state index is 16.8. The molecule has 0 bridgehead atoms. The number of hydrogen-bond acceptors (Lipinski definition) is 5. The summed E-state index contributed by atoms with van der Waals surface area (Å²) >= 11 is 0. The lowest BCUT2D eigenvalue weighted by Crippen LogP contribution is -2.58. The summed E-state index contributed by atoms with van der Waals surface area (Å²) in [5.74, 6) is -0.319. The van der Waals surface area contributed by atoms with Crippen molar-refractivity contribution in [2.24, 2.45) is 0 Å². The number of rotatable bonds is 17. The summed E-state index contributed by atoms with van der Waals surface area (Å²) < 4.78 is 51.0. The lowest BCUT2D eigenvalue weighted by atomic mass is 9.85. The third-order valence-corrected chi connectivity index (χ3v) is 11.2. The molecule has 6 aromatic rings. The second-order valence-electron chi connectivity index (χ2n) is 15.2. The van der Waals surface area contributed by atoms with E-state index in [9.17, 15) is 0 Å². The molecule has 5 atom stereocenters. The Morgan fingerprint density at radius 3 is 1.58 bits per heavy atom. The Morgan fingerprint density at radius 1 is 0.526 bits per heavy atom. The monoisotopic (exact) mass is 762 g/mol. The third-order valence-electron chi connectivity index (χ3n) is 11.2. The molecule has 57 heavy (non-hydrogen) atoms. The van der Waals surface area contributed by atoms with Crippen molar-refractivity contribution in [1.82, 2.24) is 0 Å². The number of aryl methyl sites for hydroxylation is 3. The van der Waals surface area contributed by atoms with Crippen molar-refractivity contribution in [2.45, 2.75) is 89.6 Å². The molecule has 1 aliphatic heterocycles. The maximum absolute atomic E-state index is 16.8. The second-order valence-corrected chi connectivity index (χ2v) is 15.2. The Balaban J connectivity index is 1.19. The first-order valence-electron chi connectivity index (χ1n) is 20.3. The summed E-state index contributed by atoms with van der Waals surface area (Å²) in [5, 5.41) is 0. The topological polar surface area (TPSA) is 46.2 Å². The van der Waals surface area contributed by atoms with E-state index in [-0.39, 0.29) is 19.0 Å². The molecular formula is C51H51FO5. The van der Waals surface area contributed by atoms with Gasteiger partial charge in [-0.3, -0.25) is 0 Å². The minimum absolute atomic E-state index is 0.206. The smallest absolute Gasteiger partial charge is 0.129 e. The normalized spacial score (nSPS) is 20.1. The lowest BCUT2D eigenvalue weighted by Gasteiger charge is -2.46. The second kappa shape index (κ2) is 19.0. The van der Waals surface area contributed by atoms with E-state index in [1.807, 2.05) is 127 Å². The average Bonchev–Trinajstić information content (AvgIpc) is 3.24. The van der Waals surface area contributed by atoms with Crippen LogP contribution in [0.5, 0.6) is 0 Å². The highest BCUT2D eigenvalue weighted by Crippen LogP contribution is 2.41. The van der Waals surface area contributed by atoms with Crippen LogP contribution in [0, 0.1) is 5.82 Å². The summed E-state index contributed by atoms with van der Waals surface area (Å²) in [6, 6.07) is 50.8. The Bertz CT molecular complexity index is 2160. The van der Waals surface area contributed by atoms with Gasteiger partial charge in [0, 0.05) is 5.56 Å². The fourth-order valence-electron chi connectivity index (χ4n) is 8.01. The van der Waals surface area contributed by atoms with Gasteiger partial charge in [-0.2, -0.15) is 0 Å². The molecule has 0 spiro atoms. The third kappa shape index (κ3) is 9.78. The van der Waals surface area contributed by atoms with Gasteiger partial charge in [-0.1, -0.05) is 146 Å². The summed E-state index contributed by atoms with van der Waals surface area (Å²) in [6.45, 7) is 3.61. The van der Waals surface area contributed by atoms with Crippen molar-refractivity contribution in [3.05, 3.63) is 213 Å². The fraction of sp³-hybridized carbons (Fsp3) is 0.294. The van der Waals surface area contributed by atoms with Crippen LogP contribution < -0.4 is 0 Å². The van der Waals surface area contributed by atoms with Gasteiger partial charge in [0.05, 0.1) is 33.0 Å². The van der Waals surface area contributed by atoms with E-state index in [4.69, 9.17) is 23.7 Å². The molecule has 0 N–H and O–H groups in total. The molecule has 0 aromatic heterocycles. The fourth-order valence-corrected chi connectivity index (χ4v) is 8.01. The van der Waals surface area contributed by atoms with Gasteiger partial charge in [-0.25, -0.2) is 4.39 Å². The number of benzene rings is 6. The van der Waals surface area contributed by atoms with Gasteiger partial charge in [0.15, 0.2) is 0 Å². The molecule has 6 heteroatoms. The highest BCUT2D eigenvalue weighted by molar-refractivity contribution is 5.43. The van der Waals surface area contributed by atoms with Crippen molar-refractivity contribution < 1.29 is 28.1 Å². The molecular weight excluding hydrogens is 712 g/mol. The number of halogens is 1. The molecule has 1 saturated heterocycles. The van der Waals surface area contributed by atoms with E-state index < -0.39 is 30.5 Å². The predicted molar refractivity (Wildman–Crippen MR) is 221 cm³/mol. The van der Waals surface area contributed by atoms with E-state index in [0.717, 1.165) is 46.2 Å². The molecule has 1 aliphatic carbocycles. The summed E-state index contributed by atoms with van der Waals surface area (Å²) in [5.41, 5.74) is 10.7. The van der Waals surface area contributed by atoms with Crippen molar-refractivity contribution >= 4 is 0 Å². The Kier molecular flexibility index (Phi) is 13.0. The maximum Gasteiger partial charge on any atom is 0.129 e. The van der Waals surface area contributed by atoms with Gasteiger partial charge >= 0.3 is 0 Å². The van der Waals surface area contributed by atoms with Gasteiger partial charge in [-0.15, -0.1) is 0 Å². The molecule has 0 unspecified atom stereocenters. The first-order chi connectivity index (χ1) is 28.1. The van der Waals surface area contributed by atoms with Crippen LogP contribution in [0.2, 0.25) is 0 Å². The van der Waals surface area contributed by atoms with Gasteiger partial charge in [0.25, 0.3) is 0 Å². The number of hydrogen-bond donors (Lipinski definition) is 0. The zero-order valence-corrected chi connectivity index (χ0v) is 32.6. The number of ether oxygens (including phenoxy) is 5. The molecule has 0 radical (unpaired) electrons. The molecule has 5 nitrogen and oxygen atoms in total.